The number of rotatable bonds is 1. The fourth-order valence-corrected chi connectivity index (χ4v) is 4.46. The smallest absolute Gasteiger partial charge is 0.346 e. The molecule has 0 radical (unpaired) electrons. The van der Waals surface area contributed by atoms with Gasteiger partial charge in [0.15, 0.2) is 9.84 Å². The summed E-state index contributed by atoms with van der Waals surface area (Å²) in [6, 6.07) is -0.532. The van der Waals surface area contributed by atoms with E-state index in [0.29, 0.717) is 6.42 Å². The lowest BCUT2D eigenvalue weighted by molar-refractivity contribution is 0.158. The number of hydrogen-bond donors (Lipinski definition) is 1. The molecule has 1 unspecified atom stereocenters. The van der Waals surface area contributed by atoms with E-state index in [1.54, 1.807) is 0 Å². The van der Waals surface area contributed by atoms with E-state index in [1.807, 2.05) is 13.8 Å². The Bertz CT molecular complexity index is 468. The number of carbonyl (C=O) groups excluding carboxylic acids is 1. The maximum atomic E-state index is 11.7. The largest absolute Gasteiger partial charge is 0.385 e. The Hall–Kier alpha value is -1.11. The molecule has 7 heteroatoms. The van der Waals surface area contributed by atoms with Crippen LogP contribution < -0.4 is 5.73 Å². The maximum absolute atomic E-state index is 11.7. The minimum atomic E-state index is -3.12. The van der Waals surface area contributed by atoms with Crippen LogP contribution in [0.4, 0.5) is 4.79 Å². The molecule has 0 bridgehead atoms. The van der Waals surface area contributed by atoms with E-state index < -0.39 is 21.4 Å². The molecular formula is C9H15N3O3S. The molecule has 1 fully saturated rings. The predicted molar refractivity (Wildman–Crippen MR) is 60.0 cm³/mol. The molecule has 0 aliphatic carbocycles. The van der Waals surface area contributed by atoms with Gasteiger partial charge in [-0.1, -0.05) is 0 Å². The molecular weight excluding hydrogens is 230 g/mol. The van der Waals surface area contributed by atoms with E-state index in [1.165, 1.54) is 4.90 Å². The standard InChI is InChI=1S/C9H15N3O3S/c1-6(2)12-8(13)11-7(10)9(12)3-4-16(14,15)5-9/h6H,3-5H2,1-2H3,(H2,10,11,13). The van der Waals surface area contributed by atoms with Crippen LogP contribution in [0.2, 0.25) is 0 Å². The molecule has 1 spiro atoms. The van der Waals surface area contributed by atoms with Gasteiger partial charge in [0.25, 0.3) is 0 Å². The van der Waals surface area contributed by atoms with Crippen molar-refractivity contribution < 1.29 is 13.2 Å². The van der Waals surface area contributed by atoms with Gasteiger partial charge in [0, 0.05) is 6.04 Å². The van der Waals surface area contributed by atoms with Crippen molar-refractivity contribution in [1.82, 2.24) is 4.90 Å². The Labute approximate surface area is 94.4 Å². The first kappa shape index (κ1) is 11.4. The molecule has 0 aromatic rings. The lowest BCUT2D eigenvalue weighted by atomic mass is 9.95. The highest BCUT2D eigenvalue weighted by molar-refractivity contribution is 7.91. The molecule has 2 amide bonds. The van der Waals surface area contributed by atoms with Gasteiger partial charge < -0.3 is 10.6 Å². The number of amidine groups is 1. The van der Waals surface area contributed by atoms with Gasteiger partial charge in [0.2, 0.25) is 0 Å². The number of sulfone groups is 1. The van der Waals surface area contributed by atoms with E-state index in [4.69, 9.17) is 5.73 Å². The summed E-state index contributed by atoms with van der Waals surface area (Å²) >= 11 is 0. The summed E-state index contributed by atoms with van der Waals surface area (Å²) in [7, 11) is -3.12. The molecule has 2 rings (SSSR count). The third-order valence-corrected chi connectivity index (χ3v) is 4.91. The van der Waals surface area contributed by atoms with Crippen LogP contribution in [0.15, 0.2) is 4.99 Å². The van der Waals surface area contributed by atoms with Crippen LogP contribution in [0.3, 0.4) is 0 Å². The Kier molecular flexibility index (Phi) is 2.27. The third kappa shape index (κ3) is 1.41. The number of nitrogens with two attached hydrogens (primary N) is 1. The predicted octanol–water partition coefficient (Wildman–Crippen LogP) is -0.255. The van der Waals surface area contributed by atoms with Gasteiger partial charge in [-0.05, 0) is 20.3 Å². The van der Waals surface area contributed by atoms with E-state index >= 15 is 0 Å². The molecule has 1 saturated heterocycles. The fourth-order valence-electron chi connectivity index (χ4n) is 2.51. The van der Waals surface area contributed by atoms with Crippen molar-refractivity contribution in [2.75, 3.05) is 11.5 Å². The van der Waals surface area contributed by atoms with Gasteiger partial charge in [-0.3, -0.25) is 0 Å². The van der Waals surface area contributed by atoms with Crippen molar-refractivity contribution in [3.8, 4) is 0 Å². The summed E-state index contributed by atoms with van der Waals surface area (Å²) in [6.07, 6.45) is 0.356. The highest BCUT2D eigenvalue weighted by Crippen LogP contribution is 2.35. The summed E-state index contributed by atoms with van der Waals surface area (Å²) in [4.78, 5) is 16.9. The fraction of sp³-hybridized carbons (Fsp3) is 0.778. The zero-order chi connectivity index (χ0) is 12.1. The first-order chi connectivity index (χ1) is 7.28. The van der Waals surface area contributed by atoms with E-state index in [9.17, 15) is 13.2 Å². The van der Waals surface area contributed by atoms with Crippen LogP contribution in [0.5, 0.6) is 0 Å². The zero-order valence-electron chi connectivity index (χ0n) is 9.30. The number of amides is 2. The molecule has 0 aromatic carbocycles. The van der Waals surface area contributed by atoms with Crippen LogP contribution >= 0.6 is 0 Å². The number of carbonyl (C=O) groups is 1. The average Bonchev–Trinajstić information content (AvgIpc) is 2.53. The van der Waals surface area contributed by atoms with Gasteiger partial charge in [-0.25, -0.2) is 13.2 Å². The van der Waals surface area contributed by atoms with Gasteiger partial charge in [0.05, 0.1) is 11.5 Å². The second-order valence-electron chi connectivity index (χ2n) is 4.62. The van der Waals surface area contributed by atoms with Crippen molar-refractivity contribution in [2.45, 2.75) is 31.8 Å². The van der Waals surface area contributed by atoms with Crippen LogP contribution in [-0.2, 0) is 9.84 Å². The van der Waals surface area contributed by atoms with E-state index in [-0.39, 0.29) is 23.4 Å². The Morgan fingerprint density at radius 1 is 1.50 bits per heavy atom. The molecule has 0 aromatic heterocycles. The van der Waals surface area contributed by atoms with Crippen molar-refractivity contribution in [3.63, 3.8) is 0 Å². The maximum Gasteiger partial charge on any atom is 0.346 e. The highest BCUT2D eigenvalue weighted by Gasteiger charge is 2.55. The minimum absolute atomic E-state index is 0.0692. The van der Waals surface area contributed by atoms with Gasteiger partial charge in [-0.15, -0.1) is 0 Å². The van der Waals surface area contributed by atoms with Gasteiger partial charge >= 0.3 is 6.03 Å². The number of hydrogen-bond acceptors (Lipinski definition) is 4. The number of urea groups is 1. The quantitative estimate of drug-likeness (QED) is 0.689. The molecule has 2 aliphatic heterocycles. The van der Waals surface area contributed by atoms with Crippen LogP contribution in [0.25, 0.3) is 0 Å². The second-order valence-corrected chi connectivity index (χ2v) is 6.80. The summed E-state index contributed by atoms with van der Waals surface area (Å²) in [5.41, 5.74) is 4.85. The molecule has 2 heterocycles. The molecule has 90 valence electrons. The van der Waals surface area contributed by atoms with Crippen LogP contribution in [-0.4, -0.2) is 48.3 Å². The normalized spacial score (nSPS) is 32.8. The Balaban J connectivity index is 2.46. The van der Waals surface area contributed by atoms with Crippen molar-refractivity contribution >= 4 is 21.7 Å². The SMILES string of the molecule is CC(C)N1C(=O)N=C(N)C12CCS(=O)(=O)C2. The molecule has 1 atom stereocenters. The van der Waals surface area contributed by atoms with Gasteiger partial charge in [-0.2, -0.15) is 4.99 Å². The zero-order valence-corrected chi connectivity index (χ0v) is 10.1. The Morgan fingerprint density at radius 2 is 2.12 bits per heavy atom. The third-order valence-electron chi connectivity index (χ3n) is 3.16. The first-order valence-electron chi connectivity index (χ1n) is 5.17. The molecule has 16 heavy (non-hydrogen) atoms. The van der Waals surface area contributed by atoms with Gasteiger partial charge in [0.1, 0.15) is 11.4 Å². The lowest BCUT2D eigenvalue weighted by Gasteiger charge is -2.36. The lowest BCUT2D eigenvalue weighted by Crippen LogP contribution is -2.57. The van der Waals surface area contributed by atoms with E-state index in [2.05, 4.69) is 4.99 Å². The topological polar surface area (TPSA) is 92.8 Å². The minimum Gasteiger partial charge on any atom is -0.385 e. The average molecular weight is 245 g/mol. The number of aliphatic imine (C=N–C) groups is 1. The van der Waals surface area contributed by atoms with Crippen LogP contribution in [0.1, 0.15) is 20.3 Å². The monoisotopic (exact) mass is 245 g/mol. The van der Waals surface area contributed by atoms with Crippen molar-refractivity contribution in [3.05, 3.63) is 0 Å². The van der Waals surface area contributed by atoms with E-state index in [0.717, 1.165) is 0 Å². The summed E-state index contributed by atoms with van der Waals surface area (Å²) < 4.78 is 23.1. The molecule has 0 saturated carbocycles. The first-order valence-corrected chi connectivity index (χ1v) is 6.99. The second kappa shape index (κ2) is 3.19. The molecule has 2 aliphatic rings. The van der Waals surface area contributed by atoms with Crippen LogP contribution in [0, 0.1) is 0 Å². The molecule has 2 N–H and O–H groups in total. The highest BCUT2D eigenvalue weighted by atomic mass is 32.2. The summed E-state index contributed by atoms with van der Waals surface area (Å²) in [5.74, 6) is 0.117. The molecule has 6 nitrogen and oxygen atoms in total. The van der Waals surface area contributed by atoms with Crippen molar-refractivity contribution in [1.29, 1.82) is 0 Å². The summed E-state index contributed by atoms with van der Waals surface area (Å²) in [6.45, 7) is 3.66. The van der Waals surface area contributed by atoms with Crippen molar-refractivity contribution in [2.24, 2.45) is 10.7 Å². The summed E-state index contributed by atoms with van der Waals surface area (Å²) in [5, 5.41) is 0. The number of nitrogens with zero attached hydrogens (tertiary/aromatic N) is 2. The Morgan fingerprint density at radius 3 is 2.56 bits per heavy atom.